The van der Waals surface area contributed by atoms with Gasteiger partial charge in [-0.2, -0.15) is 9.97 Å². The molecule has 216 valence electrons. The van der Waals surface area contributed by atoms with Crippen LogP contribution < -0.4 is 14.5 Å². The smallest absolute Gasteiger partial charge is 0.318 e. The summed E-state index contributed by atoms with van der Waals surface area (Å²) in [6, 6.07) is 5.94. The second-order valence-corrected chi connectivity index (χ2v) is 11.7. The van der Waals surface area contributed by atoms with Crippen LogP contribution in [0.5, 0.6) is 11.8 Å². The Hall–Kier alpha value is -3.57. The molecule has 9 nitrogen and oxygen atoms in total. The van der Waals surface area contributed by atoms with Gasteiger partial charge in [0.1, 0.15) is 35.7 Å². The first-order chi connectivity index (χ1) is 19.8. The number of hydrogen-bond acceptors (Lipinski definition) is 8. The van der Waals surface area contributed by atoms with Crippen molar-refractivity contribution in [1.29, 1.82) is 0 Å². The van der Waals surface area contributed by atoms with Crippen molar-refractivity contribution >= 4 is 28.2 Å². The van der Waals surface area contributed by atoms with Gasteiger partial charge >= 0.3 is 6.01 Å². The van der Waals surface area contributed by atoms with Crippen LogP contribution in [0.25, 0.3) is 10.8 Å². The zero-order valence-corrected chi connectivity index (χ0v) is 22.9. The van der Waals surface area contributed by atoms with E-state index in [1.165, 1.54) is 17.0 Å². The van der Waals surface area contributed by atoms with Crippen molar-refractivity contribution in [1.82, 2.24) is 14.9 Å². The number of aromatic nitrogens is 2. The summed E-state index contributed by atoms with van der Waals surface area (Å²) < 4.78 is 35.4. The molecule has 1 amide bonds. The Kier molecular flexibility index (Phi) is 6.27. The van der Waals surface area contributed by atoms with Gasteiger partial charge in [-0.3, -0.25) is 9.69 Å². The number of aliphatic hydroxyl groups excluding tert-OH is 1. The van der Waals surface area contributed by atoms with Crippen LogP contribution in [0, 0.1) is 5.82 Å². The first-order valence-corrected chi connectivity index (χ1v) is 14.4. The van der Waals surface area contributed by atoms with Crippen LogP contribution in [0.4, 0.5) is 20.3 Å². The molecule has 11 heteroatoms. The molecule has 4 aliphatic rings. The number of carbonyl (C=O) groups excluding carboxylic acids is 1. The van der Waals surface area contributed by atoms with E-state index in [0.717, 1.165) is 25.8 Å². The minimum absolute atomic E-state index is 0.0357. The number of ether oxygens (including phenoxy) is 1. The Labute approximate surface area is 236 Å². The van der Waals surface area contributed by atoms with E-state index in [4.69, 9.17) is 4.74 Å². The van der Waals surface area contributed by atoms with Crippen LogP contribution >= 0.6 is 0 Å². The van der Waals surface area contributed by atoms with Gasteiger partial charge in [0.15, 0.2) is 0 Å². The van der Waals surface area contributed by atoms with Crippen LogP contribution in [-0.2, 0) is 13.0 Å². The topological polar surface area (TPSA) is 102 Å². The minimum atomic E-state index is -0.886. The average Bonchev–Trinajstić information content (AvgIpc) is 3.56. The van der Waals surface area contributed by atoms with Gasteiger partial charge in [-0.25, -0.2) is 8.78 Å². The summed E-state index contributed by atoms with van der Waals surface area (Å²) in [5, 5.41) is 21.6. The predicted octanol–water partition coefficient (Wildman–Crippen LogP) is 3.72. The highest BCUT2D eigenvalue weighted by atomic mass is 19.1. The molecule has 3 aromatic rings. The lowest BCUT2D eigenvalue weighted by atomic mass is 9.95. The van der Waals surface area contributed by atoms with Gasteiger partial charge in [0, 0.05) is 31.0 Å². The fourth-order valence-corrected chi connectivity index (χ4v) is 7.22. The molecule has 2 aromatic carbocycles. The summed E-state index contributed by atoms with van der Waals surface area (Å²) >= 11 is 0. The van der Waals surface area contributed by atoms with E-state index in [9.17, 15) is 23.8 Å². The van der Waals surface area contributed by atoms with Crippen molar-refractivity contribution in [3.63, 3.8) is 0 Å². The van der Waals surface area contributed by atoms with Crippen molar-refractivity contribution in [3.8, 4) is 11.8 Å². The predicted molar refractivity (Wildman–Crippen MR) is 149 cm³/mol. The van der Waals surface area contributed by atoms with Crippen molar-refractivity contribution in [2.45, 2.75) is 63.3 Å². The summed E-state index contributed by atoms with van der Waals surface area (Å²) in [6.45, 7) is 3.97. The lowest BCUT2D eigenvalue weighted by Crippen LogP contribution is -2.51. The molecule has 2 N–H and O–H groups in total. The standard InChI is InChI=1S/C30H33F2N5O4/c1-2-21-22(32)5-4-17-10-20(39)11-24(25(17)21)37-14-23-26(28(37)40)27(36-9-6-19(36)15-38)34-29(33-23)41-16-30-7-3-8-35(30)13-18(31)12-30/h4-5,10-11,18-19,38-39H,2-3,6-9,12-16H2,1H3/t18-,19+,30+/m1/s1. The van der Waals surface area contributed by atoms with Crippen molar-refractivity contribution in [2.75, 3.05) is 42.6 Å². The van der Waals surface area contributed by atoms with Crippen molar-refractivity contribution < 1.29 is 28.5 Å². The van der Waals surface area contributed by atoms with Crippen LogP contribution in [0.2, 0.25) is 0 Å². The van der Waals surface area contributed by atoms with Crippen LogP contribution in [0.1, 0.15) is 54.2 Å². The third-order valence-corrected chi connectivity index (χ3v) is 9.35. The number of aliphatic hydroxyl groups is 1. The Balaban J connectivity index is 1.29. The number of nitrogens with zero attached hydrogens (tertiary/aromatic N) is 5. The molecule has 0 aliphatic carbocycles. The van der Waals surface area contributed by atoms with Crippen molar-refractivity contribution in [2.24, 2.45) is 0 Å². The Morgan fingerprint density at radius 3 is 2.83 bits per heavy atom. The van der Waals surface area contributed by atoms with E-state index >= 15 is 0 Å². The number of hydrogen-bond donors (Lipinski definition) is 2. The Morgan fingerprint density at radius 2 is 2.07 bits per heavy atom. The second-order valence-electron chi connectivity index (χ2n) is 11.7. The highest BCUT2D eigenvalue weighted by Crippen LogP contribution is 2.43. The van der Waals surface area contributed by atoms with Crippen LogP contribution in [-0.4, -0.2) is 81.6 Å². The summed E-state index contributed by atoms with van der Waals surface area (Å²) in [7, 11) is 0. The molecule has 41 heavy (non-hydrogen) atoms. The van der Waals surface area contributed by atoms with Crippen LogP contribution in [0.15, 0.2) is 24.3 Å². The molecule has 1 aromatic heterocycles. The first kappa shape index (κ1) is 26.3. The third-order valence-electron chi connectivity index (χ3n) is 9.35. The molecule has 0 saturated carbocycles. The number of phenolic OH excluding ortho intramolecular Hbond substituents is 1. The second kappa shape index (κ2) is 9.77. The fraction of sp³-hybridized carbons (Fsp3) is 0.500. The normalized spacial score (nSPS) is 25.6. The number of benzene rings is 2. The SMILES string of the molecule is CCc1c(F)ccc2cc(O)cc(N3Cc4nc(OC[C@@]56CCCN5C[C@H](F)C6)nc(N5CC[C@H]5CO)c4C3=O)c12. The number of aromatic hydroxyl groups is 1. The number of anilines is 2. The molecule has 0 bridgehead atoms. The van der Waals surface area contributed by atoms with Gasteiger partial charge in [-0.05, 0) is 55.3 Å². The average molecular weight is 566 g/mol. The zero-order valence-electron chi connectivity index (χ0n) is 22.9. The molecular weight excluding hydrogens is 532 g/mol. The third kappa shape index (κ3) is 4.12. The molecule has 0 spiro atoms. The van der Waals surface area contributed by atoms with E-state index in [1.54, 1.807) is 12.1 Å². The number of fused-ring (bicyclic) bond motifs is 3. The maximum Gasteiger partial charge on any atom is 0.318 e. The number of alkyl halides is 1. The number of aryl methyl sites for hydroxylation is 1. The number of halogens is 2. The van der Waals surface area contributed by atoms with Gasteiger partial charge < -0.3 is 24.7 Å². The monoisotopic (exact) mass is 565 g/mol. The summed E-state index contributed by atoms with van der Waals surface area (Å²) in [6.07, 6.45) is 2.52. The number of amides is 1. The number of phenols is 1. The quantitative estimate of drug-likeness (QED) is 0.447. The fourth-order valence-electron chi connectivity index (χ4n) is 7.22. The zero-order chi connectivity index (χ0) is 28.5. The first-order valence-electron chi connectivity index (χ1n) is 14.4. The number of carbonyl (C=O) groups is 1. The molecular formula is C30H33F2N5O4. The molecule has 5 heterocycles. The van der Waals surface area contributed by atoms with Gasteiger partial charge in [0.2, 0.25) is 0 Å². The summed E-state index contributed by atoms with van der Waals surface area (Å²) in [5.74, 6) is -0.377. The molecule has 0 radical (unpaired) electrons. The molecule has 4 aliphatic heterocycles. The molecule has 0 unspecified atom stereocenters. The molecule has 3 atom stereocenters. The van der Waals surface area contributed by atoms with Gasteiger partial charge in [0.25, 0.3) is 5.91 Å². The maximum atomic E-state index is 14.9. The molecule has 7 rings (SSSR count). The Morgan fingerprint density at radius 1 is 1.22 bits per heavy atom. The Bertz CT molecular complexity index is 1550. The van der Waals surface area contributed by atoms with Gasteiger partial charge in [-0.15, -0.1) is 0 Å². The lowest BCUT2D eigenvalue weighted by molar-refractivity contribution is 0.0995. The van der Waals surface area contributed by atoms with Gasteiger partial charge in [-0.1, -0.05) is 13.0 Å². The van der Waals surface area contributed by atoms with E-state index in [2.05, 4.69) is 14.9 Å². The van der Waals surface area contributed by atoms with Crippen LogP contribution in [0.3, 0.4) is 0 Å². The van der Waals surface area contributed by atoms with Crippen molar-refractivity contribution in [3.05, 3.63) is 46.9 Å². The molecule has 3 fully saturated rings. The van der Waals surface area contributed by atoms with E-state index < -0.39 is 6.17 Å². The maximum absolute atomic E-state index is 14.9. The number of rotatable bonds is 7. The highest BCUT2D eigenvalue weighted by Gasteiger charge is 2.49. The van der Waals surface area contributed by atoms with E-state index in [1.807, 2.05) is 11.8 Å². The molecule has 3 saturated heterocycles. The minimum Gasteiger partial charge on any atom is -0.508 e. The lowest BCUT2D eigenvalue weighted by Gasteiger charge is -2.41. The summed E-state index contributed by atoms with van der Waals surface area (Å²) in [4.78, 5) is 28.9. The van der Waals surface area contributed by atoms with E-state index in [-0.39, 0.29) is 54.8 Å². The largest absolute Gasteiger partial charge is 0.508 e. The summed E-state index contributed by atoms with van der Waals surface area (Å²) in [5.41, 5.74) is 1.25. The highest BCUT2D eigenvalue weighted by molar-refractivity contribution is 6.16. The van der Waals surface area contributed by atoms with E-state index in [0.29, 0.717) is 65.0 Å². The van der Waals surface area contributed by atoms with Gasteiger partial charge in [0.05, 0.1) is 36.1 Å².